The van der Waals surface area contributed by atoms with Gasteiger partial charge < -0.3 is 10.2 Å². The van der Waals surface area contributed by atoms with E-state index in [4.69, 9.17) is 11.6 Å². The first-order valence-electron chi connectivity index (χ1n) is 11.4. The van der Waals surface area contributed by atoms with Gasteiger partial charge in [-0.1, -0.05) is 42.8 Å². The molecule has 2 amide bonds. The molecule has 186 valence electrons. The van der Waals surface area contributed by atoms with E-state index in [1.807, 2.05) is 39.0 Å². The highest BCUT2D eigenvalue weighted by molar-refractivity contribution is 7.92. The average Bonchev–Trinajstić information content (AvgIpc) is 2.77. The Hall–Kier alpha value is -2.58. The highest BCUT2D eigenvalue weighted by Gasteiger charge is 2.28. The molecule has 0 saturated carbocycles. The molecule has 0 unspecified atom stereocenters. The van der Waals surface area contributed by atoms with E-state index in [0.29, 0.717) is 30.1 Å². The standard InChI is InChI=1S/C25H34ClN3O4S/c1-5-23(25(31)27-6-2)28(18-20-12-14-21(26)15-13-20)24(30)11-8-16-29(34(4,32)33)22-10-7-9-19(3)17-22/h7,9-10,12-15,17,23H,5-6,8,11,16,18H2,1-4H3,(H,27,31)/t23-/m1/s1. The Morgan fingerprint density at radius 3 is 2.32 bits per heavy atom. The summed E-state index contributed by atoms with van der Waals surface area (Å²) in [6.07, 6.45) is 2.06. The normalized spacial score (nSPS) is 12.1. The number of nitrogens with one attached hydrogen (secondary N) is 1. The molecule has 7 nitrogen and oxygen atoms in total. The van der Waals surface area contributed by atoms with Crippen molar-refractivity contribution in [3.8, 4) is 0 Å². The summed E-state index contributed by atoms with van der Waals surface area (Å²) in [4.78, 5) is 27.6. The Bertz CT molecular complexity index is 1070. The summed E-state index contributed by atoms with van der Waals surface area (Å²) in [5, 5.41) is 3.40. The van der Waals surface area contributed by atoms with Crippen LogP contribution in [0.1, 0.15) is 44.2 Å². The Labute approximate surface area is 208 Å². The smallest absolute Gasteiger partial charge is 0.242 e. The lowest BCUT2D eigenvalue weighted by molar-refractivity contribution is -0.141. The second kappa shape index (κ2) is 12.8. The molecular formula is C25H34ClN3O4S. The largest absolute Gasteiger partial charge is 0.355 e. The number of anilines is 1. The third-order valence-corrected chi connectivity index (χ3v) is 6.89. The zero-order valence-electron chi connectivity index (χ0n) is 20.3. The van der Waals surface area contributed by atoms with Crippen molar-refractivity contribution in [2.24, 2.45) is 0 Å². The molecular weight excluding hydrogens is 474 g/mol. The topological polar surface area (TPSA) is 86.8 Å². The van der Waals surface area contributed by atoms with E-state index >= 15 is 0 Å². The Morgan fingerprint density at radius 2 is 1.76 bits per heavy atom. The van der Waals surface area contributed by atoms with Crippen molar-refractivity contribution >= 4 is 39.1 Å². The van der Waals surface area contributed by atoms with Crippen LogP contribution in [0.2, 0.25) is 5.02 Å². The summed E-state index contributed by atoms with van der Waals surface area (Å²) in [7, 11) is -3.52. The molecule has 0 aliphatic rings. The fraction of sp³-hybridized carbons (Fsp3) is 0.440. The van der Waals surface area contributed by atoms with Crippen LogP contribution in [0.5, 0.6) is 0 Å². The molecule has 1 N–H and O–H groups in total. The number of carbonyl (C=O) groups excluding carboxylic acids is 2. The number of benzene rings is 2. The van der Waals surface area contributed by atoms with E-state index in [1.165, 1.54) is 4.31 Å². The molecule has 34 heavy (non-hydrogen) atoms. The first-order valence-corrected chi connectivity index (χ1v) is 13.7. The molecule has 0 aliphatic carbocycles. The minimum atomic E-state index is -3.52. The number of likely N-dealkylation sites (N-methyl/N-ethyl adjacent to an activating group) is 1. The number of halogens is 1. The van der Waals surface area contributed by atoms with Gasteiger partial charge in [-0.25, -0.2) is 8.42 Å². The van der Waals surface area contributed by atoms with Crippen LogP contribution >= 0.6 is 11.6 Å². The van der Waals surface area contributed by atoms with Crippen LogP contribution in [0, 0.1) is 6.92 Å². The van der Waals surface area contributed by atoms with E-state index in [1.54, 1.807) is 35.2 Å². The summed E-state index contributed by atoms with van der Waals surface area (Å²) in [5.41, 5.74) is 2.38. The summed E-state index contributed by atoms with van der Waals surface area (Å²) >= 11 is 5.99. The molecule has 1 atom stereocenters. The lowest BCUT2D eigenvalue weighted by Crippen LogP contribution is -2.49. The fourth-order valence-corrected chi connectivity index (χ4v) is 4.87. The van der Waals surface area contributed by atoms with E-state index in [-0.39, 0.29) is 31.3 Å². The maximum absolute atomic E-state index is 13.3. The van der Waals surface area contributed by atoms with Gasteiger partial charge in [-0.15, -0.1) is 0 Å². The van der Waals surface area contributed by atoms with Crippen molar-refractivity contribution in [1.29, 1.82) is 0 Å². The molecule has 2 aromatic carbocycles. The van der Waals surface area contributed by atoms with Gasteiger partial charge in [0.15, 0.2) is 0 Å². The second-order valence-corrected chi connectivity index (χ2v) is 10.6. The van der Waals surface area contributed by atoms with Crippen LogP contribution in [-0.2, 0) is 26.2 Å². The van der Waals surface area contributed by atoms with Crippen LogP contribution in [-0.4, -0.2) is 50.5 Å². The molecule has 0 aromatic heterocycles. The maximum Gasteiger partial charge on any atom is 0.242 e. The van der Waals surface area contributed by atoms with Crippen LogP contribution in [0.25, 0.3) is 0 Å². The first kappa shape index (κ1) is 27.7. The molecule has 0 radical (unpaired) electrons. The van der Waals surface area contributed by atoms with Crippen LogP contribution in [0.15, 0.2) is 48.5 Å². The average molecular weight is 508 g/mol. The van der Waals surface area contributed by atoms with Gasteiger partial charge in [-0.2, -0.15) is 0 Å². The van der Waals surface area contributed by atoms with Crippen molar-refractivity contribution in [3.05, 3.63) is 64.7 Å². The minimum Gasteiger partial charge on any atom is -0.355 e. The number of aryl methyl sites for hydroxylation is 1. The zero-order valence-corrected chi connectivity index (χ0v) is 21.8. The van der Waals surface area contributed by atoms with Crippen LogP contribution in [0.3, 0.4) is 0 Å². The molecule has 0 heterocycles. The highest BCUT2D eigenvalue weighted by Crippen LogP contribution is 2.21. The van der Waals surface area contributed by atoms with Crippen molar-refractivity contribution in [1.82, 2.24) is 10.2 Å². The number of hydrogen-bond acceptors (Lipinski definition) is 4. The quantitative estimate of drug-likeness (QED) is 0.467. The van der Waals surface area contributed by atoms with Crippen molar-refractivity contribution in [2.75, 3.05) is 23.7 Å². The van der Waals surface area contributed by atoms with Crippen molar-refractivity contribution in [3.63, 3.8) is 0 Å². The van der Waals surface area contributed by atoms with E-state index in [0.717, 1.165) is 17.4 Å². The Balaban J connectivity index is 2.19. The van der Waals surface area contributed by atoms with Crippen LogP contribution < -0.4 is 9.62 Å². The number of nitrogens with zero attached hydrogens (tertiary/aromatic N) is 2. The molecule has 0 fully saturated rings. The Kier molecular flexibility index (Phi) is 10.4. The van der Waals surface area contributed by atoms with E-state index in [9.17, 15) is 18.0 Å². The predicted octanol–water partition coefficient (Wildman–Crippen LogP) is 4.14. The summed E-state index contributed by atoms with van der Waals surface area (Å²) < 4.78 is 26.1. The van der Waals surface area contributed by atoms with Gasteiger partial charge >= 0.3 is 0 Å². The van der Waals surface area contributed by atoms with Gasteiger partial charge in [0.1, 0.15) is 6.04 Å². The minimum absolute atomic E-state index is 0.112. The van der Waals surface area contributed by atoms with Crippen molar-refractivity contribution < 1.29 is 18.0 Å². The lowest BCUT2D eigenvalue weighted by Gasteiger charge is -2.31. The SMILES string of the molecule is CCNC(=O)[C@@H](CC)N(Cc1ccc(Cl)cc1)C(=O)CCCN(c1cccc(C)c1)S(C)(=O)=O. The van der Waals surface area contributed by atoms with E-state index in [2.05, 4.69) is 5.32 Å². The highest BCUT2D eigenvalue weighted by atomic mass is 35.5. The van der Waals surface area contributed by atoms with Crippen molar-refractivity contribution in [2.45, 2.75) is 52.6 Å². The summed E-state index contributed by atoms with van der Waals surface area (Å²) in [6.45, 7) is 6.50. The van der Waals surface area contributed by atoms with Gasteiger partial charge in [0, 0.05) is 31.1 Å². The van der Waals surface area contributed by atoms with Gasteiger partial charge in [-0.3, -0.25) is 13.9 Å². The Morgan fingerprint density at radius 1 is 1.09 bits per heavy atom. The second-order valence-electron chi connectivity index (χ2n) is 8.24. The van der Waals surface area contributed by atoms with Crippen LogP contribution in [0.4, 0.5) is 5.69 Å². The first-order chi connectivity index (χ1) is 16.1. The molecule has 0 saturated heterocycles. The fourth-order valence-electron chi connectivity index (χ4n) is 3.79. The summed E-state index contributed by atoms with van der Waals surface area (Å²) in [6, 6.07) is 13.8. The zero-order chi connectivity index (χ0) is 25.3. The summed E-state index contributed by atoms with van der Waals surface area (Å²) in [5.74, 6) is -0.407. The molecule has 2 rings (SSSR count). The lowest BCUT2D eigenvalue weighted by atomic mass is 10.1. The molecule has 0 bridgehead atoms. The number of hydrogen-bond donors (Lipinski definition) is 1. The number of sulfonamides is 1. The van der Waals surface area contributed by atoms with Gasteiger partial charge in [0.25, 0.3) is 0 Å². The molecule has 0 aliphatic heterocycles. The molecule has 0 spiro atoms. The third kappa shape index (κ3) is 8.02. The van der Waals surface area contributed by atoms with E-state index < -0.39 is 16.1 Å². The third-order valence-electron chi connectivity index (χ3n) is 5.44. The molecule has 9 heteroatoms. The number of rotatable bonds is 12. The van der Waals surface area contributed by atoms with Gasteiger partial charge in [0.2, 0.25) is 21.8 Å². The maximum atomic E-state index is 13.3. The predicted molar refractivity (Wildman–Crippen MR) is 137 cm³/mol. The number of amides is 2. The van der Waals surface area contributed by atoms with Gasteiger partial charge in [0.05, 0.1) is 11.9 Å². The number of carbonyl (C=O) groups is 2. The monoisotopic (exact) mass is 507 g/mol. The van der Waals surface area contributed by atoms with Gasteiger partial charge in [-0.05, 0) is 62.1 Å². The molecule has 2 aromatic rings.